The minimum atomic E-state index is 0.0109. The quantitative estimate of drug-likeness (QED) is 0.589. The van der Waals surface area contributed by atoms with Gasteiger partial charge in [-0.2, -0.15) is 0 Å². The summed E-state index contributed by atoms with van der Waals surface area (Å²) in [6, 6.07) is 4.28. The maximum atomic E-state index is 7.27. The Bertz CT molecular complexity index is 341. The molecule has 0 aliphatic rings. The van der Waals surface area contributed by atoms with Gasteiger partial charge in [-0.25, -0.2) is 0 Å². The third-order valence-electron chi connectivity index (χ3n) is 2.92. The Morgan fingerprint density at radius 2 is 2.06 bits per heavy atom. The summed E-state index contributed by atoms with van der Waals surface area (Å²) in [5.41, 5.74) is 6.96. The topological polar surface area (TPSA) is 66.0 Å². The highest BCUT2D eigenvalue weighted by Gasteiger charge is 2.11. The first-order chi connectivity index (χ1) is 7.60. The van der Waals surface area contributed by atoms with E-state index >= 15 is 0 Å². The number of hydrogen-bond donors (Lipinski definition) is 2. The van der Waals surface area contributed by atoms with Crippen LogP contribution in [0.2, 0.25) is 0 Å². The number of nitrogens with zero attached hydrogens (tertiary/aromatic N) is 2. The molecule has 0 bridgehead atoms. The number of aromatic nitrogens is 1. The van der Waals surface area contributed by atoms with Crippen LogP contribution in [0.15, 0.2) is 18.3 Å². The van der Waals surface area contributed by atoms with Crippen LogP contribution in [-0.2, 0) is 0 Å². The van der Waals surface area contributed by atoms with E-state index in [9.17, 15) is 0 Å². The smallest absolute Gasteiger partial charge is 0.141 e. The number of amidine groups is 1. The van der Waals surface area contributed by atoms with Crippen LogP contribution in [0.3, 0.4) is 0 Å². The van der Waals surface area contributed by atoms with Crippen molar-refractivity contribution in [2.75, 3.05) is 11.9 Å². The molecule has 0 aliphatic heterocycles. The van der Waals surface area contributed by atoms with Crippen molar-refractivity contribution in [1.82, 2.24) is 4.98 Å². The molecule has 0 fully saturated rings. The van der Waals surface area contributed by atoms with Crippen molar-refractivity contribution in [3.8, 4) is 0 Å². The summed E-state index contributed by atoms with van der Waals surface area (Å²) in [5.74, 6) is 0.0109. The second kappa shape index (κ2) is 5.49. The summed E-state index contributed by atoms with van der Waals surface area (Å²) in [7, 11) is 2.07. The summed E-state index contributed by atoms with van der Waals surface area (Å²) in [5, 5.41) is 7.27. The fraction of sp³-hybridized carbons (Fsp3) is 0.500. The highest BCUT2D eigenvalue weighted by molar-refractivity contribution is 5.93. The molecular weight excluding hydrogens is 200 g/mol. The maximum absolute atomic E-state index is 7.27. The first-order valence-corrected chi connectivity index (χ1v) is 5.63. The summed E-state index contributed by atoms with van der Waals surface area (Å²) in [4.78, 5) is 6.38. The number of nitrogens with two attached hydrogens (primary N) is 1. The average molecular weight is 220 g/mol. The molecule has 0 unspecified atom stereocenters. The molecule has 0 amide bonds. The molecule has 0 spiro atoms. The van der Waals surface area contributed by atoms with E-state index in [1.165, 1.54) is 0 Å². The molecule has 16 heavy (non-hydrogen) atoms. The van der Waals surface area contributed by atoms with Crippen LogP contribution in [0.1, 0.15) is 32.4 Å². The molecule has 0 saturated heterocycles. The molecule has 4 nitrogen and oxygen atoms in total. The normalized spacial score (nSPS) is 10.5. The minimum absolute atomic E-state index is 0.0109. The molecule has 0 aliphatic carbocycles. The van der Waals surface area contributed by atoms with Gasteiger partial charge in [0, 0.05) is 13.1 Å². The van der Waals surface area contributed by atoms with Crippen molar-refractivity contribution in [1.29, 1.82) is 5.41 Å². The number of nitrogen functional groups attached to an aromatic ring is 1. The van der Waals surface area contributed by atoms with Crippen LogP contribution in [0.4, 0.5) is 5.69 Å². The van der Waals surface area contributed by atoms with Crippen molar-refractivity contribution >= 4 is 11.5 Å². The van der Waals surface area contributed by atoms with Gasteiger partial charge in [0.05, 0.1) is 11.9 Å². The van der Waals surface area contributed by atoms with Crippen molar-refractivity contribution in [2.24, 2.45) is 5.73 Å². The first kappa shape index (κ1) is 12.5. The van der Waals surface area contributed by atoms with Crippen LogP contribution in [0, 0.1) is 5.41 Å². The van der Waals surface area contributed by atoms with Gasteiger partial charge in [-0.3, -0.25) is 10.4 Å². The Morgan fingerprint density at radius 3 is 2.44 bits per heavy atom. The summed E-state index contributed by atoms with van der Waals surface area (Å²) in [6.07, 6.45) is 4.00. The van der Waals surface area contributed by atoms with Crippen LogP contribution in [0.25, 0.3) is 0 Å². The Labute approximate surface area is 97.0 Å². The van der Waals surface area contributed by atoms with Gasteiger partial charge in [-0.1, -0.05) is 13.8 Å². The van der Waals surface area contributed by atoms with Gasteiger partial charge in [-0.15, -0.1) is 0 Å². The monoisotopic (exact) mass is 220 g/mol. The van der Waals surface area contributed by atoms with Crippen LogP contribution < -0.4 is 10.6 Å². The average Bonchev–Trinajstić information content (AvgIpc) is 2.30. The maximum Gasteiger partial charge on any atom is 0.141 e. The molecule has 3 N–H and O–H groups in total. The standard InChI is InChI=1S/C12H20N4/c1-4-9(5-2)16(3)10-6-7-11(12(13)14)15-8-10/h6-9H,4-5H2,1-3H3,(H3,13,14). The van der Waals surface area contributed by atoms with Crippen molar-refractivity contribution in [3.63, 3.8) is 0 Å². The Hall–Kier alpha value is -1.58. The zero-order valence-electron chi connectivity index (χ0n) is 10.2. The lowest BCUT2D eigenvalue weighted by atomic mass is 10.1. The van der Waals surface area contributed by atoms with Crippen molar-refractivity contribution in [2.45, 2.75) is 32.7 Å². The number of rotatable bonds is 5. The van der Waals surface area contributed by atoms with Gasteiger partial charge in [-0.05, 0) is 25.0 Å². The second-order valence-electron chi connectivity index (χ2n) is 3.90. The van der Waals surface area contributed by atoms with Gasteiger partial charge in [0.25, 0.3) is 0 Å². The van der Waals surface area contributed by atoms with Gasteiger partial charge < -0.3 is 10.6 Å². The van der Waals surface area contributed by atoms with Gasteiger partial charge >= 0.3 is 0 Å². The lowest BCUT2D eigenvalue weighted by molar-refractivity contribution is 0.591. The fourth-order valence-electron chi connectivity index (χ4n) is 1.80. The van der Waals surface area contributed by atoms with E-state index < -0.39 is 0 Å². The highest BCUT2D eigenvalue weighted by atomic mass is 15.1. The Kier molecular flexibility index (Phi) is 4.28. The number of nitrogens with one attached hydrogen (secondary N) is 1. The molecule has 0 radical (unpaired) electrons. The second-order valence-corrected chi connectivity index (χ2v) is 3.90. The lowest BCUT2D eigenvalue weighted by Crippen LogP contribution is -2.30. The van der Waals surface area contributed by atoms with E-state index in [4.69, 9.17) is 11.1 Å². The molecule has 0 saturated carbocycles. The predicted octanol–water partition coefficient (Wildman–Crippen LogP) is 1.99. The molecule has 4 heteroatoms. The van der Waals surface area contributed by atoms with Crippen molar-refractivity contribution in [3.05, 3.63) is 24.0 Å². The predicted molar refractivity (Wildman–Crippen MR) is 68.0 cm³/mol. The van der Waals surface area contributed by atoms with E-state index in [1.54, 1.807) is 12.3 Å². The fourth-order valence-corrected chi connectivity index (χ4v) is 1.80. The molecule has 1 aromatic heterocycles. The van der Waals surface area contributed by atoms with E-state index in [1.807, 2.05) is 6.07 Å². The zero-order valence-corrected chi connectivity index (χ0v) is 10.2. The van der Waals surface area contributed by atoms with Crippen LogP contribution in [0.5, 0.6) is 0 Å². The molecule has 88 valence electrons. The minimum Gasteiger partial charge on any atom is -0.382 e. The third kappa shape index (κ3) is 2.72. The molecule has 1 aromatic rings. The molecular formula is C12H20N4. The van der Waals surface area contributed by atoms with E-state index in [-0.39, 0.29) is 5.84 Å². The van der Waals surface area contributed by atoms with Crippen LogP contribution in [-0.4, -0.2) is 23.9 Å². The molecule has 1 heterocycles. The highest BCUT2D eigenvalue weighted by Crippen LogP contribution is 2.17. The van der Waals surface area contributed by atoms with E-state index in [0.29, 0.717) is 11.7 Å². The summed E-state index contributed by atoms with van der Waals surface area (Å²) < 4.78 is 0. The SMILES string of the molecule is CCC(CC)N(C)c1ccc(C(=N)N)nc1. The van der Waals surface area contributed by atoms with Gasteiger partial charge in [0.1, 0.15) is 11.5 Å². The Morgan fingerprint density at radius 1 is 1.44 bits per heavy atom. The zero-order chi connectivity index (χ0) is 12.1. The Balaban J connectivity index is 2.84. The largest absolute Gasteiger partial charge is 0.382 e. The summed E-state index contributed by atoms with van der Waals surface area (Å²) >= 11 is 0. The summed E-state index contributed by atoms with van der Waals surface area (Å²) in [6.45, 7) is 4.37. The molecule has 1 rings (SSSR count). The van der Waals surface area contributed by atoms with Gasteiger partial charge in [0.2, 0.25) is 0 Å². The molecule has 0 atom stereocenters. The number of anilines is 1. The van der Waals surface area contributed by atoms with Crippen LogP contribution >= 0.6 is 0 Å². The van der Waals surface area contributed by atoms with Crippen molar-refractivity contribution < 1.29 is 0 Å². The van der Waals surface area contributed by atoms with E-state index in [0.717, 1.165) is 18.5 Å². The lowest BCUT2D eigenvalue weighted by Gasteiger charge is -2.28. The third-order valence-corrected chi connectivity index (χ3v) is 2.92. The van der Waals surface area contributed by atoms with Gasteiger partial charge in [0.15, 0.2) is 0 Å². The first-order valence-electron chi connectivity index (χ1n) is 5.63. The van der Waals surface area contributed by atoms with E-state index in [2.05, 4.69) is 30.8 Å². The number of hydrogen-bond acceptors (Lipinski definition) is 3. The molecule has 0 aromatic carbocycles. The number of pyridine rings is 1.